The van der Waals surface area contributed by atoms with Crippen LogP contribution in [0.25, 0.3) is 6.08 Å². The molecule has 0 amide bonds. The molecule has 0 aromatic heterocycles. The highest BCUT2D eigenvalue weighted by molar-refractivity contribution is 5.51. The Morgan fingerprint density at radius 2 is 2.00 bits per heavy atom. The molecule has 0 saturated carbocycles. The number of benzene rings is 1. The Kier molecular flexibility index (Phi) is 2.44. The number of ether oxygens (including phenoxy) is 2. The summed E-state index contributed by atoms with van der Waals surface area (Å²) in [6.07, 6.45) is 6.29. The Balaban J connectivity index is 1.76. The van der Waals surface area contributed by atoms with Gasteiger partial charge in [0.05, 0.1) is 6.61 Å². The molecule has 2 heteroatoms. The normalized spacial score (nSPS) is 31.1. The third-order valence-corrected chi connectivity index (χ3v) is 3.26. The summed E-state index contributed by atoms with van der Waals surface area (Å²) in [7, 11) is 0. The summed E-state index contributed by atoms with van der Waals surface area (Å²) in [5, 5.41) is 0. The Morgan fingerprint density at radius 3 is 2.75 bits per heavy atom. The lowest BCUT2D eigenvalue weighted by molar-refractivity contribution is -0.161. The fourth-order valence-corrected chi connectivity index (χ4v) is 2.44. The van der Waals surface area contributed by atoms with Gasteiger partial charge in [0.15, 0.2) is 0 Å². The van der Waals surface area contributed by atoms with Gasteiger partial charge in [-0.3, -0.25) is 0 Å². The van der Waals surface area contributed by atoms with Crippen molar-refractivity contribution in [1.82, 2.24) is 0 Å². The summed E-state index contributed by atoms with van der Waals surface area (Å²) in [6, 6.07) is 10.3. The Labute approximate surface area is 95.9 Å². The number of hydrogen-bond donors (Lipinski definition) is 0. The van der Waals surface area contributed by atoms with Crippen molar-refractivity contribution >= 4 is 6.08 Å². The number of allylic oxidation sites excluding steroid dienone is 1. The van der Waals surface area contributed by atoms with Crippen molar-refractivity contribution in [3.8, 4) is 0 Å². The summed E-state index contributed by atoms with van der Waals surface area (Å²) in [4.78, 5) is 0. The second-order valence-electron chi connectivity index (χ2n) is 4.49. The van der Waals surface area contributed by atoms with Crippen LogP contribution in [-0.2, 0) is 9.47 Å². The van der Waals surface area contributed by atoms with E-state index in [2.05, 4.69) is 18.2 Å². The zero-order valence-electron chi connectivity index (χ0n) is 9.32. The second kappa shape index (κ2) is 3.95. The van der Waals surface area contributed by atoms with Gasteiger partial charge in [-0.05, 0) is 18.1 Å². The molecule has 1 atom stereocenters. The van der Waals surface area contributed by atoms with Gasteiger partial charge in [0.2, 0.25) is 5.79 Å². The lowest BCUT2D eigenvalue weighted by Crippen LogP contribution is -2.24. The van der Waals surface area contributed by atoms with Crippen LogP contribution in [0.4, 0.5) is 0 Å². The van der Waals surface area contributed by atoms with Crippen molar-refractivity contribution in [3.05, 3.63) is 41.7 Å². The van der Waals surface area contributed by atoms with Crippen LogP contribution in [0.15, 0.2) is 36.1 Å². The van der Waals surface area contributed by atoms with Crippen LogP contribution >= 0.6 is 0 Å². The van der Waals surface area contributed by atoms with Crippen LogP contribution in [-0.4, -0.2) is 12.4 Å². The second-order valence-corrected chi connectivity index (χ2v) is 4.49. The first-order valence-electron chi connectivity index (χ1n) is 5.95. The van der Waals surface area contributed by atoms with Crippen LogP contribution in [0.1, 0.15) is 31.2 Å². The summed E-state index contributed by atoms with van der Waals surface area (Å²) < 4.78 is 11.7. The van der Waals surface area contributed by atoms with E-state index in [1.807, 2.05) is 18.2 Å². The largest absolute Gasteiger partial charge is 0.467 e. The standard InChI is InChI=1S/C14H16O2/c1-2-5-12(6-3-1)11-13-7-9-14(16-13)8-4-10-15-14/h1-3,5-6,11H,4,7-10H2/b13-11+. The Bertz CT molecular complexity index is 388. The van der Waals surface area contributed by atoms with Crippen molar-refractivity contribution in [3.63, 3.8) is 0 Å². The van der Waals surface area contributed by atoms with Gasteiger partial charge < -0.3 is 9.47 Å². The van der Waals surface area contributed by atoms with E-state index < -0.39 is 0 Å². The average molecular weight is 216 g/mol. The van der Waals surface area contributed by atoms with E-state index in [9.17, 15) is 0 Å². The molecular weight excluding hydrogens is 200 g/mol. The molecule has 2 saturated heterocycles. The highest BCUT2D eigenvalue weighted by Crippen LogP contribution is 2.41. The van der Waals surface area contributed by atoms with Gasteiger partial charge in [-0.15, -0.1) is 0 Å². The van der Waals surface area contributed by atoms with E-state index in [0.717, 1.165) is 38.0 Å². The topological polar surface area (TPSA) is 18.5 Å². The van der Waals surface area contributed by atoms with E-state index in [1.165, 1.54) is 5.56 Å². The SMILES string of the molecule is C(=C1/CCC2(CCCO2)O1)/c1ccccc1. The van der Waals surface area contributed by atoms with Crippen molar-refractivity contribution < 1.29 is 9.47 Å². The summed E-state index contributed by atoms with van der Waals surface area (Å²) in [5.74, 6) is 0.786. The van der Waals surface area contributed by atoms with Gasteiger partial charge in [0.1, 0.15) is 5.76 Å². The first kappa shape index (κ1) is 9.91. The Morgan fingerprint density at radius 1 is 1.12 bits per heavy atom. The predicted molar refractivity (Wildman–Crippen MR) is 62.7 cm³/mol. The fraction of sp³-hybridized carbons (Fsp3) is 0.429. The lowest BCUT2D eigenvalue weighted by Gasteiger charge is -2.21. The third-order valence-electron chi connectivity index (χ3n) is 3.26. The summed E-state index contributed by atoms with van der Waals surface area (Å²) >= 11 is 0. The highest BCUT2D eigenvalue weighted by Gasteiger charge is 2.42. The molecule has 0 bridgehead atoms. The van der Waals surface area contributed by atoms with Crippen molar-refractivity contribution in [2.75, 3.05) is 6.61 Å². The molecule has 84 valence electrons. The Hall–Kier alpha value is -1.28. The quantitative estimate of drug-likeness (QED) is 0.716. The van der Waals surface area contributed by atoms with Gasteiger partial charge >= 0.3 is 0 Å². The minimum atomic E-state index is -0.277. The molecule has 2 heterocycles. The van der Waals surface area contributed by atoms with Crippen molar-refractivity contribution in [2.45, 2.75) is 31.5 Å². The first-order chi connectivity index (χ1) is 7.86. The fourth-order valence-electron chi connectivity index (χ4n) is 2.44. The van der Waals surface area contributed by atoms with E-state index in [1.54, 1.807) is 0 Å². The van der Waals surface area contributed by atoms with Gasteiger partial charge in [0, 0.05) is 19.3 Å². The molecule has 2 aliphatic rings. The third kappa shape index (κ3) is 1.85. The van der Waals surface area contributed by atoms with Crippen LogP contribution < -0.4 is 0 Å². The van der Waals surface area contributed by atoms with E-state index in [4.69, 9.17) is 9.47 Å². The predicted octanol–water partition coefficient (Wildman–Crippen LogP) is 3.34. The van der Waals surface area contributed by atoms with E-state index >= 15 is 0 Å². The van der Waals surface area contributed by atoms with Crippen LogP contribution in [0.2, 0.25) is 0 Å². The molecule has 1 unspecified atom stereocenters. The molecule has 2 aliphatic heterocycles. The molecule has 0 radical (unpaired) electrons. The van der Waals surface area contributed by atoms with Crippen molar-refractivity contribution in [1.29, 1.82) is 0 Å². The molecule has 1 aromatic carbocycles. The van der Waals surface area contributed by atoms with Gasteiger partial charge in [-0.1, -0.05) is 30.3 Å². The molecule has 2 nitrogen and oxygen atoms in total. The molecule has 16 heavy (non-hydrogen) atoms. The van der Waals surface area contributed by atoms with E-state index in [0.29, 0.717) is 0 Å². The molecule has 3 rings (SSSR count). The minimum absolute atomic E-state index is 0.277. The maximum atomic E-state index is 5.95. The molecule has 0 aliphatic carbocycles. The van der Waals surface area contributed by atoms with E-state index in [-0.39, 0.29) is 5.79 Å². The van der Waals surface area contributed by atoms with Crippen LogP contribution in [0.5, 0.6) is 0 Å². The minimum Gasteiger partial charge on any atom is -0.467 e. The first-order valence-corrected chi connectivity index (χ1v) is 5.95. The van der Waals surface area contributed by atoms with Gasteiger partial charge in [0.25, 0.3) is 0 Å². The highest BCUT2D eigenvalue weighted by atomic mass is 16.7. The molecule has 2 fully saturated rings. The molecule has 1 aromatic rings. The van der Waals surface area contributed by atoms with Gasteiger partial charge in [-0.2, -0.15) is 0 Å². The average Bonchev–Trinajstić information content (AvgIpc) is 2.92. The monoisotopic (exact) mass is 216 g/mol. The molecule has 0 N–H and O–H groups in total. The maximum absolute atomic E-state index is 5.95. The van der Waals surface area contributed by atoms with Gasteiger partial charge in [-0.25, -0.2) is 0 Å². The zero-order valence-corrected chi connectivity index (χ0v) is 9.32. The van der Waals surface area contributed by atoms with Crippen LogP contribution in [0, 0.1) is 0 Å². The van der Waals surface area contributed by atoms with Crippen LogP contribution in [0.3, 0.4) is 0 Å². The maximum Gasteiger partial charge on any atom is 0.210 e. The summed E-state index contributed by atoms with van der Waals surface area (Å²) in [6.45, 7) is 0.846. The molecule has 1 spiro atoms. The summed E-state index contributed by atoms with van der Waals surface area (Å²) in [5.41, 5.74) is 1.20. The smallest absolute Gasteiger partial charge is 0.210 e. The zero-order chi connectivity index (χ0) is 10.8. The lowest BCUT2D eigenvalue weighted by atomic mass is 10.1. The molecular formula is C14H16O2. The number of hydrogen-bond acceptors (Lipinski definition) is 2. The van der Waals surface area contributed by atoms with Crippen molar-refractivity contribution in [2.24, 2.45) is 0 Å². The number of rotatable bonds is 1.